The lowest BCUT2D eigenvalue weighted by molar-refractivity contribution is -0.0282. The molecule has 1 aromatic heterocycles. The number of halogens is 1. The van der Waals surface area contributed by atoms with Gasteiger partial charge in [0.05, 0.1) is 13.2 Å². The summed E-state index contributed by atoms with van der Waals surface area (Å²) in [5, 5.41) is 10.8. The van der Waals surface area contributed by atoms with Gasteiger partial charge >= 0.3 is 5.69 Å². The van der Waals surface area contributed by atoms with Crippen molar-refractivity contribution in [3.63, 3.8) is 0 Å². The molecule has 1 aromatic carbocycles. The molecule has 3 heterocycles. The second-order valence-corrected chi connectivity index (χ2v) is 9.41. The zero-order valence-corrected chi connectivity index (χ0v) is 19.0. The highest BCUT2D eigenvalue weighted by atomic mass is 19.1. The van der Waals surface area contributed by atoms with Crippen molar-refractivity contribution in [3.05, 3.63) is 62.2 Å². The van der Waals surface area contributed by atoms with Crippen LogP contribution >= 0.6 is 0 Å². The van der Waals surface area contributed by atoms with E-state index in [0.29, 0.717) is 18.8 Å². The summed E-state index contributed by atoms with van der Waals surface area (Å²) in [6.07, 6.45) is 3.76. The van der Waals surface area contributed by atoms with Crippen LogP contribution in [-0.2, 0) is 24.4 Å². The van der Waals surface area contributed by atoms with E-state index in [1.165, 1.54) is 21.6 Å². The summed E-state index contributed by atoms with van der Waals surface area (Å²) >= 11 is 0. The number of hydrogen-bond acceptors (Lipinski definition) is 6. The van der Waals surface area contributed by atoms with E-state index in [2.05, 4.69) is 4.90 Å². The molecule has 1 aliphatic carbocycles. The average Bonchev–Trinajstić information content (AvgIpc) is 3.33. The number of benzene rings is 1. The summed E-state index contributed by atoms with van der Waals surface area (Å²) in [6.45, 7) is 3.50. The van der Waals surface area contributed by atoms with Gasteiger partial charge < -0.3 is 14.7 Å². The molecule has 34 heavy (non-hydrogen) atoms. The lowest BCUT2D eigenvalue weighted by Crippen LogP contribution is -2.58. The normalized spacial score (nSPS) is 20.5. The number of amides is 1. The standard InChI is InChI=1S/C24H29FN4O5/c25-18-5-3-17(4-6-18)15-26-9-10-28-19(21(26)31)20(30)22(32)29(23(28)33)16-24(7-1-2-8-24)27-11-13-34-14-12-27/h3-6,30H,1-2,7-16H2. The van der Waals surface area contributed by atoms with E-state index < -0.39 is 22.9 Å². The Morgan fingerprint density at radius 2 is 1.65 bits per heavy atom. The molecule has 5 rings (SSSR count). The van der Waals surface area contributed by atoms with Crippen molar-refractivity contribution in [2.75, 3.05) is 32.8 Å². The Morgan fingerprint density at radius 3 is 2.32 bits per heavy atom. The highest BCUT2D eigenvalue weighted by molar-refractivity contribution is 5.95. The number of fused-ring (bicyclic) bond motifs is 1. The number of ether oxygens (including phenoxy) is 1. The van der Waals surface area contributed by atoms with E-state index in [1.54, 1.807) is 12.1 Å². The predicted molar refractivity (Wildman–Crippen MR) is 121 cm³/mol. The predicted octanol–water partition coefficient (Wildman–Crippen LogP) is 1.16. The molecule has 1 saturated carbocycles. The summed E-state index contributed by atoms with van der Waals surface area (Å²) in [7, 11) is 0. The van der Waals surface area contributed by atoms with E-state index in [1.807, 2.05) is 0 Å². The quantitative estimate of drug-likeness (QED) is 0.702. The summed E-state index contributed by atoms with van der Waals surface area (Å²) in [4.78, 5) is 43.5. The van der Waals surface area contributed by atoms with Gasteiger partial charge in [-0.3, -0.25) is 23.6 Å². The third-order valence-corrected chi connectivity index (χ3v) is 7.44. The van der Waals surface area contributed by atoms with Crippen molar-refractivity contribution >= 4 is 5.91 Å². The summed E-state index contributed by atoms with van der Waals surface area (Å²) in [5.74, 6) is -1.65. The highest BCUT2D eigenvalue weighted by Gasteiger charge is 2.42. The molecule has 1 amide bonds. The van der Waals surface area contributed by atoms with Gasteiger partial charge in [-0.1, -0.05) is 25.0 Å². The van der Waals surface area contributed by atoms with E-state index >= 15 is 0 Å². The summed E-state index contributed by atoms with van der Waals surface area (Å²) in [6, 6.07) is 5.78. The SMILES string of the molecule is O=C1c2c(O)c(=O)n(CC3(N4CCOCC4)CCCC3)c(=O)n2CCN1Cc1ccc(F)cc1. The number of rotatable bonds is 5. The molecule has 182 valence electrons. The number of carbonyl (C=O) groups is 1. The van der Waals surface area contributed by atoms with Crippen LogP contribution in [0.15, 0.2) is 33.9 Å². The number of aromatic hydroxyl groups is 1. The molecule has 0 atom stereocenters. The third-order valence-electron chi connectivity index (χ3n) is 7.44. The van der Waals surface area contributed by atoms with Gasteiger partial charge in [0, 0.05) is 44.8 Å². The van der Waals surface area contributed by atoms with Crippen molar-refractivity contribution in [2.45, 2.75) is 50.9 Å². The van der Waals surface area contributed by atoms with E-state index in [9.17, 15) is 23.9 Å². The van der Waals surface area contributed by atoms with Gasteiger partial charge in [0.2, 0.25) is 5.75 Å². The zero-order chi connectivity index (χ0) is 23.9. The summed E-state index contributed by atoms with van der Waals surface area (Å²) in [5.41, 5.74) is -1.28. The van der Waals surface area contributed by atoms with Crippen LogP contribution in [0.5, 0.6) is 5.75 Å². The first-order chi connectivity index (χ1) is 16.4. The minimum absolute atomic E-state index is 0.166. The number of carbonyl (C=O) groups excluding carboxylic acids is 1. The first-order valence-corrected chi connectivity index (χ1v) is 11.8. The Morgan fingerprint density at radius 1 is 0.971 bits per heavy atom. The lowest BCUT2D eigenvalue weighted by Gasteiger charge is -2.43. The van der Waals surface area contributed by atoms with Crippen LogP contribution in [0, 0.1) is 5.82 Å². The fraction of sp³-hybridized carbons (Fsp3) is 0.542. The molecular weight excluding hydrogens is 443 g/mol. The van der Waals surface area contributed by atoms with Crippen LogP contribution in [0.1, 0.15) is 41.7 Å². The topological polar surface area (TPSA) is 97.0 Å². The maximum Gasteiger partial charge on any atom is 0.331 e. The fourth-order valence-electron chi connectivity index (χ4n) is 5.62. The van der Waals surface area contributed by atoms with Gasteiger partial charge in [0.1, 0.15) is 5.82 Å². The first-order valence-electron chi connectivity index (χ1n) is 11.8. The molecule has 2 fully saturated rings. The Hall–Kier alpha value is -2.98. The van der Waals surface area contributed by atoms with E-state index in [4.69, 9.17) is 4.74 Å². The minimum atomic E-state index is -0.826. The molecule has 10 heteroatoms. The molecule has 0 radical (unpaired) electrons. The highest BCUT2D eigenvalue weighted by Crippen LogP contribution is 2.37. The van der Waals surface area contributed by atoms with Gasteiger partial charge in [-0.2, -0.15) is 0 Å². The second-order valence-electron chi connectivity index (χ2n) is 9.41. The lowest BCUT2D eigenvalue weighted by atomic mass is 9.94. The minimum Gasteiger partial charge on any atom is -0.501 e. The zero-order valence-electron chi connectivity index (χ0n) is 19.0. The van der Waals surface area contributed by atoms with Crippen LogP contribution < -0.4 is 11.2 Å². The van der Waals surface area contributed by atoms with Crippen LogP contribution in [0.2, 0.25) is 0 Å². The van der Waals surface area contributed by atoms with Gasteiger partial charge in [-0.15, -0.1) is 0 Å². The molecule has 1 N–H and O–H groups in total. The van der Waals surface area contributed by atoms with Crippen molar-refractivity contribution in [1.29, 1.82) is 0 Å². The Bertz CT molecular complexity index is 1190. The maximum atomic E-state index is 13.4. The van der Waals surface area contributed by atoms with Crippen molar-refractivity contribution < 1.29 is 19.0 Å². The second kappa shape index (κ2) is 8.99. The molecule has 2 aliphatic heterocycles. The monoisotopic (exact) mass is 472 g/mol. The van der Waals surface area contributed by atoms with Crippen molar-refractivity contribution in [3.8, 4) is 5.75 Å². The smallest absolute Gasteiger partial charge is 0.331 e. The maximum absolute atomic E-state index is 13.4. The van der Waals surface area contributed by atoms with Gasteiger partial charge in [0.15, 0.2) is 5.69 Å². The van der Waals surface area contributed by atoms with Crippen molar-refractivity contribution in [1.82, 2.24) is 18.9 Å². The first kappa shape index (κ1) is 22.8. The Kier molecular flexibility index (Phi) is 6.03. The molecule has 1 saturated heterocycles. The molecule has 3 aliphatic rings. The molecule has 0 spiro atoms. The molecule has 0 bridgehead atoms. The summed E-state index contributed by atoms with van der Waals surface area (Å²) < 4.78 is 21.0. The van der Waals surface area contributed by atoms with Gasteiger partial charge in [-0.25, -0.2) is 9.18 Å². The largest absolute Gasteiger partial charge is 0.501 e. The Balaban J connectivity index is 1.47. The number of morpholine rings is 1. The van der Waals surface area contributed by atoms with Gasteiger partial charge in [-0.05, 0) is 30.5 Å². The van der Waals surface area contributed by atoms with E-state index in [0.717, 1.165) is 43.3 Å². The third kappa shape index (κ3) is 3.94. The molecule has 9 nitrogen and oxygen atoms in total. The number of aromatic nitrogens is 2. The van der Waals surface area contributed by atoms with Gasteiger partial charge in [0.25, 0.3) is 11.5 Å². The fourth-order valence-corrected chi connectivity index (χ4v) is 5.62. The van der Waals surface area contributed by atoms with Crippen molar-refractivity contribution in [2.24, 2.45) is 0 Å². The number of hydrogen-bond donors (Lipinski definition) is 1. The van der Waals surface area contributed by atoms with E-state index in [-0.39, 0.29) is 43.2 Å². The van der Waals surface area contributed by atoms with Crippen LogP contribution in [0.25, 0.3) is 0 Å². The van der Waals surface area contributed by atoms with Crippen LogP contribution in [-0.4, -0.2) is 68.3 Å². The van der Waals surface area contributed by atoms with Crippen LogP contribution in [0.4, 0.5) is 4.39 Å². The molecule has 0 unspecified atom stereocenters. The van der Waals surface area contributed by atoms with Crippen LogP contribution in [0.3, 0.4) is 0 Å². The Labute approximate surface area is 196 Å². The average molecular weight is 473 g/mol. The number of nitrogens with zero attached hydrogens (tertiary/aromatic N) is 4. The molecular formula is C24H29FN4O5. The molecule has 2 aromatic rings.